The van der Waals surface area contributed by atoms with Gasteiger partial charge in [0.25, 0.3) is 0 Å². The van der Waals surface area contributed by atoms with E-state index in [0.717, 1.165) is 27.8 Å². The lowest BCUT2D eigenvalue weighted by Crippen LogP contribution is -2.30. The van der Waals surface area contributed by atoms with Crippen molar-refractivity contribution in [3.05, 3.63) is 30.1 Å². The van der Waals surface area contributed by atoms with Crippen molar-refractivity contribution in [2.45, 2.75) is 39.5 Å². The molecule has 0 radical (unpaired) electrons. The normalized spacial score (nSPS) is 12.3. The van der Waals surface area contributed by atoms with Crippen LogP contribution in [0, 0.1) is 0 Å². The summed E-state index contributed by atoms with van der Waals surface area (Å²) in [6.45, 7) is 7.78. The Morgan fingerprint density at radius 3 is 2.67 bits per heavy atom. The molecule has 3 rings (SSSR count). The molecule has 0 aliphatic carbocycles. The Labute approximate surface area is 141 Å². The maximum Gasteiger partial charge on any atom is 0.152 e. The standard InChI is InChI=1S/C18H24N4O2/c1-5-24-10-14-21-15-16(22(14)11-18(2,3)23-4)12-8-6-7-9-13(12)20-17(15)19/h6-9H,5,10-11H2,1-4H3,(H2,19,20). The number of fused-ring (bicyclic) bond motifs is 3. The second kappa shape index (κ2) is 6.37. The van der Waals surface area contributed by atoms with Crippen LogP contribution in [-0.4, -0.2) is 33.9 Å². The van der Waals surface area contributed by atoms with Crippen molar-refractivity contribution in [3.63, 3.8) is 0 Å². The van der Waals surface area contributed by atoms with Gasteiger partial charge in [-0.25, -0.2) is 9.97 Å². The van der Waals surface area contributed by atoms with Crippen LogP contribution in [0.25, 0.3) is 21.9 Å². The summed E-state index contributed by atoms with van der Waals surface area (Å²) in [5.41, 5.74) is 8.40. The third-order valence-corrected chi connectivity index (χ3v) is 4.22. The summed E-state index contributed by atoms with van der Waals surface area (Å²) in [6.07, 6.45) is 0. The molecule has 1 aromatic carbocycles. The van der Waals surface area contributed by atoms with Crippen molar-refractivity contribution < 1.29 is 9.47 Å². The van der Waals surface area contributed by atoms with Crippen molar-refractivity contribution >= 4 is 27.8 Å². The van der Waals surface area contributed by atoms with Gasteiger partial charge in [0.2, 0.25) is 0 Å². The first-order chi connectivity index (χ1) is 11.5. The molecular formula is C18H24N4O2. The molecule has 0 unspecified atom stereocenters. The van der Waals surface area contributed by atoms with Gasteiger partial charge in [0, 0.05) is 19.1 Å². The zero-order valence-corrected chi connectivity index (χ0v) is 14.7. The van der Waals surface area contributed by atoms with Gasteiger partial charge >= 0.3 is 0 Å². The third kappa shape index (κ3) is 2.95. The lowest BCUT2D eigenvalue weighted by atomic mass is 10.1. The first kappa shape index (κ1) is 16.7. The highest BCUT2D eigenvalue weighted by atomic mass is 16.5. The van der Waals surface area contributed by atoms with Crippen LogP contribution < -0.4 is 5.73 Å². The fraction of sp³-hybridized carbons (Fsp3) is 0.444. The fourth-order valence-corrected chi connectivity index (χ4v) is 2.82. The Morgan fingerprint density at radius 2 is 1.96 bits per heavy atom. The molecule has 0 fully saturated rings. The zero-order chi connectivity index (χ0) is 17.3. The highest BCUT2D eigenvalue weighted by molar-refractivity contribution is 6.06. The van der Waals surface area contributed by atoms with Gasteiger partial charge in [-0.3, -0.25) is 0 Å². The Bertz CT molecular complexity index is 870. The van der Waals surface area contributed by atoms with Gasteiger partial charge in [-0.15, -0.1) is 0 Å². The van der Waals surface area contributed by atoms with Crippen molar-refractivity contribution in [2.24, 2.45) is 0 Å². The van der Waals surface area contributed by atoms with Gasteiger partial charge in [0.15, 0.2) is 5.82 Å². The maximum atomic E-state index is 6.17. The van der Waals surface area contributed by atoms with E-state index in [2.05, 4.69) is 23.4 Å². The number of nitrogens with two attached hydrogens (primary N) is 1. The average molecular weight is 328 g/mol. The van der Waals surface area contributed by atoms with Gasteiger partial charge in [-0.1, -0.05) is 18.2 Å². The number of para-hydroxylation sites is 1. The van der Waals surface area contributed by atoms with Crippen LogP contribution in [0.4, 0.5) is 5.82 Å². The average Bonchev–Trinajstić information content (AvgIpc) is 2.92. The summed E-state index contributed by atoms with van der Waals surface area (Å²) in [5.74, 6) is 1.28. The van der Waals surface area contributed by atoms with Crippen molar-refractivity contribution in [3.8, 4) is 0 Å². The predicted octanol–water partition coefficient (Wildman–Crippen LogP) is 3.13. The van der Waals surface area contributed by atoms with Crippen LogP contribution in [0.2, 0.25) is 0 Å². The number of ether oxygens (including phenoxy) is 2. The minimum atomic E-state index is -0.340. The number of imidazole rings is 1. The smallest absolute Gasteiger partial charge is 0.152 e. The van der Waals surface area contributed by atoms with Crippen molar-refractivity contribution in [2.75, 3.05) is 19.5 Å². The Morgan fingerprint density at radius 1 is 1.21 bits per heavy atom. The fourth-order valence-electron chi connectivity index (χ4n) is 2.82. The molecule has 24 heavy (non-hydrogen) atoms. The number of methoxy groups -OCH3 is 1. The largest absolute Gasteiger partial charge is 0.382 e. The Kier molecular flexibility index (Phi) is 4.43. The molecule has 128 valence electrons. The molecule has 0 atom stereocenters. The second-order valence-corrected chi connectivity index (χ2v) is 6.43. The summed E-state index contributed by atoms with van der Waals surface area (Å²) < 4.78 is 13.4. The van der Waals surface area contributed by atoms with Crippen molar-refractivity contribution in [1.29, 1.82) is 0 Å². The van der Waals surface area contributed by atoms with E-state index in [1.807, 2.05) is 31.2 Å². The van der Waals surface area contributed by atoms with Gasteiger partial charge in [-0.05, 0) is 26.8 Å². The molecule has 2 aromatic heterocycles. The minimum absolute atomic E-state index is 0.340. The molecule has 0 saturated heterocycles. The van der Waals surface area contributed by atoms with Gasteiger partial charge < -0.3 is 19.8 Å². The number of anilines is 1. The Balaban J connectivity index is 2.30. The molecule has 2 N–H and O–H groups in total. The van der Waals surface area contributed by atoms with E-state index >= 15 is 0 Å². The highest BCUT2D eigenvalue weighted by Gasteiger charge is 2.23. The van der Waals surface area contributed by atoms with Crippen LogP contribution in [0.1, 0.15) is 26.6 Å². The number of aromatic nitrogens is 3. The molecule has 6 nitrogen and oxygen atoms in total. The van der Waals surface area contributed by atoms with E-state index in [9.17, 15) is 0 Å². The quantitative estimate of drug-likeness (QED) is 0.752. The molecule has 6 heteroatoms. The highest BCUT2D eigenvalue weighted by Crippen LogP contribution is 2.30. The molecule has 0 spiro atoms. The van der Waals surface area contributed by atoms with E-state index in [4.69, 9.17) is 20.2 Å². The molecule has 0 aliphatic heterocycles. The summed E-state index contributed by atoms with van der Waals surface area (Å²) in [4.78, 5) is 9.20. The number of rotatable bonds is 6. The number of benzene rings is 1. The van der Waals surface area contributed by atoms with Gasteiger partial charge in [0.1, 0.15) is 17.9 Å². The van der Waals surface area contributed by atoms with E-state index < -0.39 is 0 Å². The monoisotopic (exact) mass is 328 g/mol. The number of hydrogen-bond donors (Lipinski definition) is 1. The maximum absolute atomic E-state index is 6.17. The Hall–Kier alpha value is -2.18. The number of nitrogens with zero attached hydrogens (tertiary/aromatic N) is 3. The first-order valence-corrected chi connectivity index (χ1v) is 8.13. The molecular weight excluding hydrogens is 304 g/mol. The number of nitrogen functional groups attached to an aromatic ring is 1. The molecule has 0 amide bonds. The molecule has 0 bridgehead atoms. The molecule has 0 aliphatic rings. The summed E-state index contributed by atoms with van der Waals surface area (Å²) >= 11 is 0. The van der Waals surface area contributed by atoms with E-state index in [1.54, 1.807) is 7.11 Å². The van der Waals surface area contributed by atoms with Crippen LogP contribution >= 0.6 is 0 Å². The van der Waals surface area contributed by atoms with Crippen LogP contribution in [0.5, 0.6) is 0 Å². The second-order valence-electron chi connectivity index (χ2n) is 6.43. The summed E-state index contributed by atoms with van der Waals surface area (Å²) in [7, 11) is 1.72. The van der Waals surface area contributed by atoms with Gasteiger partial charge in [0.05, 0.1) is 23.2 Å². The molecule has 3 aromatic rings. The van der Waals surface area contributed by atoms with Crippen LogP contribution in [0.15, 0.2) is 24.3 Å². The topological polar surface area (TPSA) is 75.2 Å². The zero-order valence-electron chi connectivity index (χ0n) is 14.7. The lowest BCUT2D eigenvalue weighted by molar-refractivity contribution is 0.00706. The lowest BCUT2D eigenvalue weighted by Gasteiger charge is -2.25. The predicted molar refractivity (Wildman–Crippen MR) is 95.9 cm³/mol. The van der Waals surface area contributed by atoms with E-state index in [-0.39, 0.29) is 5.60 Å². The SMILES string of the molecule is CCOCc1nc2c(N)nc3ccccc3c2n1CC(C)(C)OC. The third-order valence-electron chi connectivity index (χ3n) is 4.22. The minimum Gasteiger partial charge on any atom is -0.382 e. The summed E-state index contributed by atoms with van der Waals surface area (Å²) in [5, 5.41) is 1.03. The van der Waals surface area contributed by atoms with Crippen LogP contribution in [-0.2, 0) is 22.6 Å². The van der Waals surface area contributed by atoms with Crippen molar-refractivity contribution in [1.82, 2.24) is 14.5 Å². The van der Waals surface area contributed by atoms with Crippen LogP contribution in [0.3, 0.4) is 0 Å². The number of pyridine rings is 1. The van der Waals surface area contributed by atoms with E-state index in [0.29, 0.717) is 25.6 Å². The first-order valence-electron chi connectivity index (χ1n) is 8.13. The van der Waals surface area contributed by atoms with Gasteiger partial charge in [-0.2, -0.15) is 0 Å². The molecule has 2 heterocycles. The molecule has 0 saturated carbocycles. The summed E-state index contributed by atoms with van der Waals surface area (Å²) in [6, 6.07) is 7.97. The number of hydrogen-bond acceptors (Lipinski definition) is 5. The van der Waals surface area contributed by atoms with E-state index in [1.165, 1.54) is 0 Å².